The highest BCUT2D eigenvalue weighted by Crippen LogP contribution is 2.24. The van der Waals surface area contributed by atoms with Gasteiger partial charge in [-0.3, -0.25) is 14.4 Å². The molecule has 0 spiro atoms. The zero-order valence-electron chi connectivity index (χ0n) is 19.9. The summed E-state index contributed by atoms with van der Waals surface area (Å²) in [7, 11) is 0. The number of ether oxygens (including phenoxy) is 1. The summed E-state index contributed by atoms with van der Waals surface area (Å²) in [5.41, 5.74) is 3.41. The van der Waals surface area contributed by atoms with Gasteiger partial charge in [0.25, 0.3) is 5.91 Å². The summed E-state index contributed by atoms with van der Waals surface area (Å²) in [4.78, 5) is 39.6. The van der Waals surface area contributed by atoms with Crippen LogP contribution in [0.3, 0.4) is 0 Å². The van der Waals surface area contributed by atoms with Gasteiger partial charge in [-0.2, -0.15) is 0 Å². The van der Waals surface area contributed by atoms with Gasteiger partial charge in [0.2, 0.25) is 5.91 Å². The predicted octanol–water partition coefficient (Wildman–Crippen LogP) is 4.33. The minimum Gasteiger partial charge on any atom is -0.494 e. The van der Waals surface area contributed by atoms with Gasteiger partial charge in [-0.1, -0.05) is 37.1 Å². The largest absolute Gasteiger partial charge is 0.494 e. The third-order valence-electron chi connectivity index (χ3n) is 6.15. The minimum atomic E-state index is -0.289. The van der Waals surface area contributed by atoms with Crippen LogP contribution in [0.1, 0.15) is 64.4 Å². The third-order valence-corrected chi connectivity index (χ3v) is 6.15. The van der Waals surface area contributed by atoms with Gasteiger partial charge in [-0.15, -0.1) is 0 Å². The van der Waals surface area contributed by atoms with E-state index in [4.69, 9.17) is 4.74 Å². The van der Waals surface area contributed by atoms with E-state index in [0.717, 1.165) is 35.3 Å². The Morgan fingerprint density at radius 3 is 2.36 bits per heavy atom. The molecule has 0 aromatic heterocycles. The van der Waals surface area contributed by atoms with Crippen LogP contribution in [-0.2, 0) is 4.79 Å². The van der Waals surface area contributed by atoms with E-state index in [1.54, 1.807) is 29.2 Å². The van der Waals surface area contributed by atoms with Gasteiger partial charge >= 0.3 is 0 Å². The Hall–Kier alpha value is -3.15. The van der Waals surface area contributed by atoms with Gasteiger partial charge in [0.1, 0.15) is 5.75 Å². The quantitative estimate of drug-likeness (QED) is 0.456. The van der Waals surface area contributed by atoms with E-state index in [9.17, 15) is 14.4 Å². The van der Waals surface area contributed by atoms with Crippen LogP contribution in [0.2, 0.25) is 0 Å². The molecule has 6 heteroatoms. The summed E-state index contributed by atoms with van der Waals surface area (Å²) in [5.74, 6) is 0.413. The molecule has 0 saturated carbocycles. The number of likely N-dealkylation sites (tertiary alicyclic amines) is 1. The molecule has 1 aliphatic rings. The van der Waals surface area contributed by atoms with Crippen molar-refractivity contribution in [3.05, 3.63) is 64.7 Å². The summed E-state index contributed by atoms with van der Waals surface area (Å²) < 4.78 is 5.61. The topological polar surface area (TPSA) is 75.7 Å². The van der Waals surface area contributed by atoms with E-state index >= 15 is 0 Å². The SMILES string of the molecule is CCCCOc1ccc(C(=O)NCC(=O)N2CCC(C(=O)c3ccc(C)cc3C)CC2)cc1. The van der Waals surface area contributed by atoms with Crippen LogP contribution in [0.25, 0.3) is 0 Å². The van der Waals surface area contributed by atoms with Crippen molar-refractivity contribution in [1.82, 2.24) is 10.2 Å². The van der Waals surface area contributed by atoms with E-state index in [2.05, 4.69) is 12.2 Å². The van der Waals surface area contributed by atoms with Crippen LogP contribution in [0.4, 0.5) is 0 Å². The molecule has 1 fully saturated rings. The molecule has 2 amide bonds. The zero-order chi connectivity index (χ0) is 23.8. The van der Waals surface area contributed by atoms with Crippen LogP contribution in [0.5, 0.6) is 5.75 Å². The van der Waals surface area contributed by atoms with Gasteiger partial charge in [0.15, 0.2) is 5.78 Å². The fourth-order valence-corrected chi connectivity index (χ4v) is 4.11. The second kappa shape index (κ2) is 11.6. The van der Waals surface area contributed by atoms with Gasteiger partial charge in [0.05, 0.1) is 13.2 Å². The molecule has 33 heavy (non-hydrogen) atoms. The van der Waals surface area contributed by atoms with Gasteiger partial charge in [-0.25, -0.2) is 0 Å². The third kappa shape index (κ3) is 6.67. The Morgan fingerprint density at radius 1 is 1.03 bits per heavy atom. The second-order valence-corrected chi connectivity index (χ2v) is 8.75. The standard InChI is InChI=1S/C27H34N2O4/c1-4-5-16-33-23-9-7-22(8-10-23)27(32)28-18-25(30)29-14-12-21(13-15-29)26(31)24-11-6-19(2)17-20(24)3/h6-11,17,21H,4-5,12-16,18H2,1-3H3,(H,28,32). The van der Waals surface area contributed by atoms with E-state index < -0.39 is 0 Å². The van der Waals surface area contributed by atoms with Crippen molar-refractivity contribution >= 4 is 17.6 Å². The Morgan fingerprint density at radius 2 is 1.73 bits per heavy atom. The Balaban J connectivity index is 1.44. The first-order chi connectivity index (χ1) is 15.9. The predicted molar refractivity (Wildman–Crippen MR) is 129 cm³/mol. The highest BCUT2D eigenvalue weighted by Gasteiger charge is 2.28. The molecule has 176 valence electrons. The van der Waals surface area contributed by atoms with Crippen molar-refractivity contribution in [2.24, 2.45) is 5.92 Å². The van der Waals surface area contributed by atoms with E-state index in [0.29, 0.717) is 38.1 Å². The first-order valence-electron chi connectivity index (χ1n) is 11.8. The van der Waals surface area contributed by atoms with Gasteiger partial charge in [0, 0.05) is 30.1 Å². The number of hydrogen-bond acceptors (Lipinski definition) is 4. The van der Waals surface area contributed by atoms with Crippen molar-refractivity contribution in [3.63, 3.8) is 0 Å². The lowest BCUT2D eigenvalue weighted by molar-refractivity contribution is -0.131. The number of amides is 2. The lowest BCUT2D eigenvalue weighted by Gasteiger charge is -2.31. The molecule has 0 bridgehead atoms. The summed E-state index contributed by atoms with van der Waals surface area (Å²) in [6, 6.07) is 12.8. The minimum absolute atomic E-state index is 0.0523. The molecule has 0 atom stereocenters. The van der Waals surface area contributed by atoms with Gasteiger partial charge < -0.3 is 15.0 Å². The van der Waals surface area contributed by atoms with Crippen LogP contribution in [-0.4, -0.2) is 48.7 Å². The van der Waals surface area contributed by atoms with Crippen LogP contribution >= 0.6 is 0 Å². The average molecular weight is 451 g/mol. The number of unbranched alkanes of at least 4 members (excludes halogenated alkanes) is 1. The number of benzene rings is 2. The Labute approximate surface area is 196 Å². The molecular weight excluding hydrogens is 416 g/mol. The molecule has 1 N–H and O–H groups in total. The van der Waals surface area contributed by atoms with Crippen molar-refractivity contribution in [2.75, 3.05) is 26.2 Å². The lowest BCUT2D eigenvalue weighted by Crippen LogP contribution is -2.45. The van der Waals surface area contributed by atoms with Crippen LogP contribution in [0, 0.1) is 19.8 Å². The number of piperidine rings is 1. The maximum absolute atomic E-state index is 12.9. The first kappa shape index (κ1) is 24.5. The molecule has 1 heterocycles. The molecule has 3 rings (SSSR count). The number of ketones is 1. The highest BCUT2D eigenvalue weighted by molar-refractivity contribution is 5.99. The molecule has 0 radical (unpaired) electrons. The molecule has 2 aromatic rings. The number of carbonyl (C=O) groups is 3. The first-order valence-corrected chi connectivity index (χ1v) is 11.8. The van der Waals surface area contributed by atoms with Crippen molar-refractivity contribution in [2.45, 2.75) is 46.5 Å². The van der Waals surface area contributed by atoms with Crippen molar-refractivity contribution in [3.8, 4) is 5.75 Å². The number of rotatable bonds is 9. The molecular formula is C27H34N2O4. The number of nitrogens with one attached hydrogen (secondary N) is 1. The molecule has 1 aliphatic heterocycles. The maximum atomic E-state index is 12.9. The Kier molecular flexibility index (Phi) is 8.64. The van der Waals surface area contributed by atoms with Crippen LogP contribution in [0.15, 0.2) is 42.5 Å². The second-order valence-electron chi connectivity index (χ2n) is 8.75. The van der Waals surface area contributed by atoms with Gasteiger partial charge in [-0.05, 0) is 62.9 Å². The molecule has 0 aliphatic carbocycles. The fraction of sp³-hybridized carbons (Fsp3) is 0.444. The molecule has 6 nitrogen and oxygen atoms in total. The summed E-state index contributed by atoms with van der Waals surface area (Å²) >= 11 is 0. The normalized spacial score (nSPS) is 14.1. The number of nitrogens with zero attached hydrogens (tertiary/aromatic N) is 1. The summed E-state index contributed by atoms with van der Waals surface area (Å²) in [6.45, 7) is 7.75. The molecule has 1 saturated heterocycles. The van der Waals surface area contributed by atoms with Crippen molar-refractivity contribution < 1.29 is 19.1 Å². The number of aryl methyl sites for hydroxylation is 2. The highest BCUT2D eigenvalue weighted by atomic mass is 16.5. The summed E-state index contributed by atoms with van der Waals surface area (Å²) in [6.07, 6.45) is 3.34. The maximum Gasteiger partial charge on any atom is 0.251 e. The van der Waals surface area contributed by atoms with E-state index in [1.807, 2.05) is 32.0 Å². The molecule has 0 unspecified atom stereocenters. The smallest absolute Gasteiger partial charge is 0.251 e. The van der Waals surface area contributed by atoms with E-state index in [1.165, 1.54) is 0 Å². The summed E-state index contributed by atoms with van der Waals surface area (Å²) in [5, 5.41) is 2.70. The monoisotopic (exact) mass is 450 g/mol. The van der Waals surface area contributed by atoms with Crippen molar-refractivity contribution in [1.29, 1.82) is 0 Å². The number of Topliss-reactive ketones (excluding diaryl/α,β-unsaturated/α-hetero) is 1. The molecule has 2 aromatic carbocycles. The lowest BCUT2D eigenvalue weighted by atomic mass is 9.87. The Bertz CT molecular complexity index is 976. The van der Waals surface area contributed by atoms with Crippen LogP contribution < -0.4 is 10.1 Å². The number of carbonyl (C=O) groups excluding carboxylic acids is 3. The average Bonchev–Trinajstić information content (AvgIpc) is 2.82. The number of hydrogen-bond donors (Lipinski definition) is 1. The fourth-order valence-electron chi connectivity index (χ4n) is 4.11. The zero-order valence-corrected chi connectivity index (χ0v) is 19.9. The van der Waals surface area contributed by atoms with E-state index in [-0.39, 0.29) is 30.1 Å².